The Balaban J connectivity index is 1.96. The van der Waals surface area contributed by atoms with E-state index in [1.807, 2.05) is 0 Å². The zero-order valence-corrected chi connectivity index (χ0v) is 15.2. The van der Waals surface area contributed by atoms with E-state index in [-0.39, 0.29) is 23.4 Å². The Bertz CT molecular complexity index is 1020. The van der Waals surface area contributed by atoms with Gasteiger partial charge in [0.05, 0.1) is 27.2 Å². The lowest BCUT2D eigenvalue weighted by Crippen LogP contribution is -2.27. The Kier molecular flexibility index (Phi) is 6.38. The molecule has 0 unspecified atom stereocenters. The second-order valence-corrected chi connectivity index (χ2v) is 7.35. The molecule has 0 bridgehead atoms. The minimum absolute atomic E-state index is 0.0224. The van der Waals surface area contributed by atoms with Gasteiger partial charge in [0.1, 0.15) is 0 Å². The monoisotopic (exact) mass is 408 g/mol. The molecule has 0 aliphatic carbocycles. The maximum atomic E-state index is 12.0. The number of primary sulfonamides is 1. The maximum absolute atomic E-state index is 12.0. The highest BCUT2D eigenvalue weighted by molar-refractivity contribution is 7.89. The molecule has 0 saturated heterocycles. The predicted molar refractivity (Wildman–Crippen MR) is 98.0 cm³/mol. The van der Waals surface area contributed by atoms with Crippen molar-refractivity contribution >= 4 is 27.3 Å². The molecule has 0 saturated carbocycles. The number of carbonyl (C=O) groups excluding carboxylic acids is 1. The smallest absolute Gasteiger partial charge is 0.279 e. The number of nitrogens with one attached hydrogen (secondary N) is 1. The Hall–Kier alpha value is -3.38. The molecule has 0 fully saturated rings. The van der Waals surface area contributed by atoms with E-state index in [1.165, 1.54) is 18.2 Å². The number of hydrogen-bond acceptors (Lipinski definition) is 7. The number of nitro benzene ring substituents is 2. The molecule has 0 spiro atoms. The van der Waals surface area contributed by atoms with Gasteiger partial charge in [-0.15, -0.1) is 0 Å². The summed E-state index contributed by atoms with van der Waals surface area (Å²) in [7, 11) is -3.77. The summed E-state index contributed by atoms with van der Waals surface area (Å²) in [4.78, 5) is 32.3. The van der Waals surface area contributed by atoms with Crippen molar-refractivity contribution in [3.63, 3.8) is 0 Å². The molecule has 2 aromatic rings. The summed E-state index contributed by atoms with van der Waals surface area (Å²) in [5.74, 6) is -0.488. The predicted octanol–water partition coefficient (Wildman–Crippen LogP) is 1.05. The van der Waals surface area contributed by atoms with Crippen LogP contribution < -0.4 is 10.5 Å². The molecule has 0 aromatic heterocycles. The Morgan fingerprint density at radius 3 is 2.21 bits per heavy atom. The van der Waals surface area contributed by atoms with Crippen molar-refractivity contribution in [2.75, 3.05) is 6.54 Å². The number of nitrogens with zero attached hydrogens (tertiary/aromatic N) is 2. The summed E-state index contributed by atoms with van der Waals surface area (Å²) in [6.45, 7) is 0.217. The minimum Gasteiger partial charge on any atom is -0.355 e. The fourth-order valence-corrected chi connectivity index (χ4v) is 2.93. The van der Waals surface area contributed by atoms with Crippen LogP contribution in [0.1, 0.15) is 11.1 Å². The van der Waals surface area contributed by atoms with Crippen LogP contribution in [0.2, 0.25) is 0 Å². The van der Waals surface area contributed by atoms with Crippen molar-refractivity contribution < 1.29 is 23.1 Å². The third-order valence-corrected chi connectivity index (χ3v) is 4.74. The van der Waals surface area contributed by atoms with E-state index in [4.69, 9.17) is 5.14 Å². The summed E-state index contributed by atoms with van der Waals surface area (Å²) in [5.41, 5.74) is -0.110. The fourth-order valence-electron chi connectivity index (χ4n) is 2.41. The molecule has 0 aliphatic rings. The molecule has 0 radical (unpaired) electrons. The van der Waals surface area contributed by atoms with Crippen molar-refractivity contribution in [1.29, 1.82) is 0 Å². The number of nitro groups is 2. The zero-order chi connectivity index (χ0) is 20.9. The van der Waals surface area contributed by atoms with Gasteiger partial charge in [-0.3, -0.25) is 25.0 Å². The molecular formula is C16H16N4O7S. The normalized spacial score (nSPS) is 11.0. The lowest BCUT2D eigenvalue weighted by molar-refractivity contribution is -0.394. The molecule has 1 amide bonds. The lowest BCUT2D eigenvalue weighted by atomic mass is 10.1. The molecular weight excluding hydrogens is 392 g/mol. The van der Waals surface area contributed by atoms with Crippen molar-refractivity contribution in [3.05, 3.63) is 73.8 Å². The van der Waals surface area contributed by atoms with Crippen LogP contribution in [-0.2, 0) is 27.7 Å². The van der Waals surface area contributed by atoms with Crippen LogP contribution in [-0.4, -0.2) is 30.7 Å². The number of amides is 1. The highest BCUT2D eigenvalue weighted by atomic mass is 32.2. The van der Waals surface area contributed by atoms with Crippen LogP contribution in [0, 0.1) is 20.2 Å². The maximum Gasteiger partial charge on any atom is 0.279 e. The molecule has 3 N–H and O–H groups in total. The van der Waals surface area contributed by atoms with Gasteiger partial charge in [0.15, 0.2) is 0 Å². The van der Waals surface area contributed by atoms with Crippen LogP contribution in [0.25, 0.3) is 0 Å². The molecule has 0 heterocycles. The van der Waals surface area contributed by atoms with E-state index in [1.54, 1.807) is 12.1 Å². The molecule has 0 atom stereocenters. The van der Waals surface area contributed by atoms with Crippen LogP contribution in [0.5, 0.6) is 0 Å². The first kappa shape index (κ1) is 20.9. The van der Waals surface area contributed by atoms with Gasteiger partial charge >= 0.3 is 0 Å². The average molecular weight is 408 g/mol. The third kappa shape index (κ3) is 5.56. The molecule has 148 valence electrons. The van der Waals surface area contributed by atoms with Gasteiger partial charge < -0.3 is 5.32 Å². The summed E-state index contributed by atoms with van der Waals surface area (Å²) in [6, 6.07) is 8.93. The molecule has 2 rings (SSSR count). The standard InChI is InChI=1S/C16H16N4O7S/c17-28(26,27)14-5-1-11(2-6-14)7-8-18-16(21)9-12-3-4-13(19(22)23)10-15(12)20(24)25/h1-6,10H,7-9H2,(H,18,21)(H2,17,26,27). The first-order valence-corrected chi connectivity index (χ1v) is 9.42. The largest absolute Gasteiger partial charge is 0.355 e. The zero-order valence-electron chi connectivity index (χ0n) is 14.4. The summed E-state index contributed by atoms with van der Waals surface area (Å²) in [6.07, 6.45) is 0.0949. The number of benzene rings is 2. The van der Waals surface area contributed by atoms with Crippen molar-refractivity contribution in [1.82, 2.24) is 5.32 Å². The second kappa shape index (κ2) is 8.54. The summed E-state index contributed by atoms with van der Waals surface area (Å²) >= 11 is 0. The van der Waals surface area contributed by atoms with Crippen LogP contribution in [0.4, 0.5) is 11.4 Å². The average Bonchev–Trinajstić information content (AvgIpc) is 2.61. The number of rotatable bonds is 8. The molecule has 28 heavy (non-hydrogen) atoms. The van der Waals surface area contributed by atoms with Gasteiger partial charge in [0, 0.05) is 18.2 Å². The van der Waals surface area contributed by atoms with Gasteiger partial charge in [0.25, 0.3) is 11.4 Å². The molecule has 0 aliphatic heterocycles. The van der Waals surface area contributed by atoms with E-state index < -0.39 is 37.2 Å². The first-order valence-electron chi connectivity index (χ1n) is 7.88. The van der Waals surface area contributed by atoms with Crippen LogP contribution in [0.3, 0.4) is 0 Å². The Morgan fingerprint density at radius 2 is 1.68 bits per heavy atom. The Morgan fingerprint density at radius 1 is 1.04 bits per heavy atom. The summed E-state index contributed by atoms with van der Waals surface area (Å²) < 4.78 is 22.4. The Labute approximate surface area is 159 Å². The van der Waals surface area contributed by atoms with Gasteiger partial charge in [-0.1, -0.05) is 12.1 Å². The second-order valence-electron chi connectivity index (χ2n) is 5.79. The number of nitrogens with two attached hydrogens (primary N) is 1. The summed E-state index contributed by atoms with van der Waals surface area (Å²) in [5, 5.41) is 29.4. The van der Waals surface area contributed by atoms with E-state index in [0.717, 1.165) is 17.7 Å². The van der Waals surface area contributed by atoms with Gasteiger partial charge in [-0.25, -0.2) is 13.6 Å². The van der Waals surface area contributed by atoms with E-state index >= 15 is 0 Å². The van der Waals surface area contributed by atoms with E-state index in [9.17, 15) is 33.4 Å². The molecule has 2 aromatic carbocycles. The highest BCUT2D eigenvalue weighted by Gasteiger charge is 2.21. The lowest BCUT2D eigenvalue weighted by Gasteiger charge is -2.07. The molecule has 12 heteroatoms. The fraction of sp³-hybridized carbons (Fsp3) is 0.188. The quantitative estimate of drug-likeness (QED) is 0.484. The number of sulfonamides is 1. The SMILES string of the molecule is NS(=O)(=O)c1ccc(CCNC(=O)Cc2ccc([N+](=O)[O-])cc2[N+](=O)[O-])cc1. The van der Waals surface area contributed by atoms with E-state index in [2.05, 4.69) is 5.32 Å². The number of hydrogen-bond donors (Lipinski definition) is 2. The molecule has 11 nitrogen and oxygen atoms in total. The van der Waals surface area contributed by atoms with E-state index in [0.29, 0.717) is 6.42 Å². The minimum atomic E-state index is -3.77. The number of non-ortho nitro benzene ring substituents is 1. The van der Waals surface area contributed by atoms with Crippen LogP contribution >= 0.6 is 0 Å². The van der Waals surface area contributed by atoms with Crippen molar-refractivity contribution in [2.24, 2.45) is 5.14 Å². The topological polar surface area (TPSA) is 176 Å². The van der Waals surface area contributed by atoms with Gasteiger partial charge in [-0.2, -0.15) is 0 Å². The van der Waals surface area contributed by atoms with Crippen molar-refractivity contribution in [2.45, 2.75) is 17.7 Å². The highest BCUT2D eigenvalue weighted by Crippen LogP contribution is 2.25. The van der Waals surface area contributed by atoms with Crippen LogP contribution in [0.15, 0.2) is 47.4 Å². The first-order chi connectivity index (χ1) is 13.1. The van der Waals surface area contributed by atoms with Gasteiger partial charge in [-0.05, 0) is 30.2 Å². The third-order valence-electron chi connectivity index (χ3n) is 3.82. The van der Waals surface area contributed by atoms with Gasteiger partial charge in [0.2, 0.25) is 15.9 Å². The number of carbonyl (C=O) groups is 1. The van der Waals surface area contributed by atoms with Crippen molar-refractivity contribution in [3.8, 4) is 0 Å².